The first-order chi connectivity index (χ1) is 28.7. The normalized spacial score (nSPS) is 11.1. The van der Waals surface area contributed by atoms with Gasteiger partial charge in [0.25, 0.3) is 0 Å². The van der Waals surface area contributed by atoms with Gasteiger partial charge >= 0.3 is 0 Å². The third-order valence-corrected chi connectivity index (χ3v) is 10.6. The average Bonchev–Trinajstić information content (AvgIpc) is 3.32. The van der Waals surface area contributed by atoms with Gasteiger partial charge in [0.05, 0.1) is 11.4 Å². The van der Waals surface area contributed by atoms with Crippen LogP contribution in [0.1, 0.15) is 0 Å². The molecule has 0 radical (unpaired) electrons. The molecule has 0 spiro atoms. The number of pyridine rings is 1. The molecule has 58 heavy (non-hydrogen) atoms. The molecule has 0 atom stereocenters. The molecule has 0 aliphatic carbocycles. The number of aromatic nitrogens is 4. The highest BCUT2D eigenvalue weighted by Crippen LogP contribution is 2.40. The maximum Gasteiger partial charge on any atom is 0.164 e. The molecule has 272 valence electrons. The standard InChI is InChI=1S/C54H36N4/c1-5-16-40(17-6-1)49-35-46(36-50(55-49)41-18-7-2-8-19-41)37-25-29-42(30-26-37)51-47-24-14-13-15-38(47)33-34-48(51)39-27-31-45(32-28-39)54-57-52(43-20-9-3-10-21-43)56-53(58-54)44-22-11-4-12-23-44/h1-36H. The molecule has 0 aliphatic rings. The Labute approximate surface area is 337 Å². The average molecular weight is 741 g/mol. The van der Waals surface area contributed by atoms with Crippen LogP contribution in [0.3, 0.4) is 0 Å². The van der Waals surface area contributed by atoms with Gasteiger partial charge in [-0.3, -0.25) is 0 Å². The Morgan fingerprint density at radius 1 is 0.241 bits per heavy atom. The molecule has 0 fully saturated rings. The minimum absolute atomic E-state index is 0.635. The van der Waals surface area contributed by atoms with Gasteiger partial charge in [-0.15, -0.1) is 0 Å². The van der Waals surface area contributed by atoms with Gasteiger partial charge in [0.2, 0.25) is 0 Å². The molecule has 2 heterocycles. The van der Waals surface area contributed by atoms with Crippen LogP contribution in [-0.4, -0.2) is 19.9 Å². The predicted octanol–water partition coefficient (Wildman–Crippen LogP) is 13.8. The quantitative estimate of drug-likeness (QED) is 0.156. The van der Waals surface area contributed by atoms with Crippen LogP contribution in [0.2, 0.25) is 0 Å². The lowest BCUT2D eigenvalue weighted by molar-refractivity contribution is 1.07. The minimum atomic E-state index is 0.635. The van der Waals surface area contributed by atoms with Crippen LogP contribution in [0.25, 0.3) is 101 Å². The van der Waals surface area contributed by atoms with Crippen LogP contribution in [-0.2, 0) is 0 Å². The largest absolute Gasteiger partial charge is 0.248 e. The van der Waals surface area contributed by atoms with E-state index in [4.69, 9.17) is 19.9 Å². The number of fused-ring (bicyclic) bond motifs is 1. The number of nitrogens with zero attached hydrogens (tertiary/aromatic N) is 4. The fourth-order valence-electron chi connectivity index (χ4n) is 7.60. The van der Waals surface area contributed by atoms with E-state index in [-0.39, 0.29) is 0 Å². The topological polar surface area (TPSA) is 51.6 Å². The highest BCUT2D eigenvalue weighted by Gasteiger charge is 2.16. The molecule has 2 aromatic heterocycles. The SMILES string of the molecule is c1ccc(-c2cc(-c3ccc(-c4c(-c5ccc(-c6nc(-c7ccccc7)nc(-c7ccccc7)n6)cc5)ccc5ccccc45)cc3)cc(-c3ccccc3)n2)cc1. The first-order valence-corrected chi connectivity index (χ1v) is 19.5. The third-order valence-electron chi connectivity index (χ3n) is 10.6. The summed E-state index contributed by atoms with van der Waals surface area (Å²) in [5.41, 5.74) is 13.8. The molecule has 0 amide bonds. The van der Waals surface area contributed by atoms with E-state index >= 15 is 0 Å². The molecule has 4 nitrogen and oxygen atoms in total. The summed E-state index contributed by atoms with van der Waals surface area (Å²) in [4.78, 5) is 19.9. The van der Waals surface area contributed by atoms with Gasteiger partial charge < -0.3 is 0 Å². The van der Waals surface area contributed by atoms with E-state index in [0.717, 1.165) is 67.0 Å². The van der Waals surface area contributed by atoms with Crippen molar-refractivity contribution in [2.45, 2.75) is 0 Å². The summed E-state index contributed by atoms with van der Waals surface area (Å²) < 4.78 is 0. The van der Waals surface area contributed by atoms with Gasteiger partial charge in [0.1, 0.15) is 0 Å². The molecular formula is C54H36N4. The van der Waals surface area contributed by atoms with Crippen molar-refractivity contribution in [3.63, 3.8) is 0 Å². The van der Waals surface area contributed by atoms with Crippen molar-refractivity contribution >= 4 is 10.8 Å². The van der Waals surface area contributed by atoms with E-state index in [0.29, 0.717) is 17.5 Å². The zero-order valence-corrected chi connectivity index (χ0v) is 31.6. The van der Waals surface area contributed by atoms with E-state index in [1.54, 1.807) is 0 Å². The molecular weight excluding hydrogens is 705 g/mol. The maximum absolute atomic E-state index is 5.09. The third kappa shape index (κ3) is 6.95. The summed E-state index contributed by atoms with van der Waals surface area (Å²) in [5.74, 6) is 1.93. The number of hydrogen-bond donors (Lipinski definition) is 0. The first-order valence-electron chi connectivity index (χ1n) is 19.5. The monoisotopic (exact) mass is 740 g/mol. The van der Waals surface area contributed by atoms with Crippen LogP contribution in [0, 0.1) is 0 Å². The Hall–Kier alpha value is -7.82. The van der Waals surface area contributed by atoms with Gasteiger partial charge in [-0.25, -0.2) is 19.9 Å². The fraction of sp³-hybridized carbons (Fsp3) is 0. The van der Waals surface area contributed by atoms with Gasteiger partial charge in [-0.2, -0.15) is 0 Å². The second-order valence-corrected chi connectivity index (χ2v) is 14.3. The summed E-state index contributed by atoms with van der Waals surface area (Å²) in [6, 6.07) is 76.0. The van der Waals surface area contributed by atoms with Crippen molar-refractivity contribution in [1.82, 2.24) is 19.9 Å². The Balaban J connectivity index is 1.04. The van der Waals surface area contributed by atoms with Crippen LogP contribution in [0.4, 0.5) is 0 Å². The fourth-order valence-corrected chi connectivity index (χ4v) is 7.60. The van der Waals surface area contributed by atoms with Gasteiger partial charge in [0.15, 0.2) is 17.5 Å². The van der Waals surface area contributed by atoms with Crippen LogP contribution < -0.4 is 0 Å². The second kappa shape index (κ2) is 15.4. The Kier molecular flexibility index (Phi) is 9.18. The van der Waals surface area contributed by atoms with Gasteiger partial charge in [-0.1, -0.05) is 206 Å². The second-order valence-electron chi connectivity index (χ2n) is 14.3. The number of benzene rings is 8. The van der Waals surface area contributed by atoms with Crippen molar-refractivity contribution in [3.05, 3.63) is 218 Å². The molecule has 0 saturated heterocycles. The van der Waals surface area contributed by atoms with Gasteiger partial charge in [0, 0.05) is 27.8 Å². The Morgan fingerprint density at radius 3 is 1.16 bits per heavy atom. The number of hydrogen-bond acceptors (Lipinski definition) is 4. The smallest absolute Gasteiger partial charge is 0.164 e. The molecule has 10 rings (SSSR count). The van der Waals surface area contributed by atoms with E-state index in [2.05, 4.69) is 146 Å². The van der Waals surface area contributed by atoms with Crippen molar-refractivity contribution < 1.29 is 0 Å². The van der Waals surface area contributed by atoms with Crippen molar-refractivity contribution in [3.8, 4) is 90.1 Å². The molecule has 8 aromatic carbocycles. The molecule has 0 N–H and O–H groups in total. The van der Waals surface area contributed by atoms with E-state index in [9.17, 15) is 0 Å². The summed E-state index contributed by atoms with van der Waals surface area (Å²) >= 11 is 0. The zero-order chi connectivity index (χ0) is 38.7. The summed E-state index contributed by atoms with van der Waals surface area (Å²) in [5, 5.41) is 2.40. The minimum Gasteiger partial charge on any atom is -0.248 e. The van der Waals surface area contributed by atoms with Crippen molar-refractivity contribution in [2.75, 3.05) is 0 Å². The number of rotatable bonds is 8. The molecule has 4 heteroatoms. The van der Waals surface area contributed by atoms with Crippen molar-refractivity contribution in [1.29, 1.82) is 0 Å². The van der Waals surface area contributed by atoms with Gasteiger partial charge in [-0.05, 0) is 56.3 Å². The molecule has 0 unspecified atom stereocenters. The zero-order valence-electron chi connectivity index (χ0n) is 31.6. The Morgan fingerprint density at radius 2 is 0.638 bits per heavy atom. The van der Waals surface area contributed by atoms with Crippen LogP contribution in [0.5, 0.6) is 0 Å². The summed E-state index contributed by atoms with van der Waals surface area (Å²) in [7, 11) is 0. The summed E-state index contributed by atoms with van der Waals surface area (Å²) in [6.07, 6.45) is 0. The van der Waals surface area contributed by atoms with Crippen molar-refractivity contribution in [2.24, 2.45) is 0 Å². The summed E-state index contributed by atoms with van der Waals surface area (Å²) in [6.45, 7) is 0. The van der Waals surface area contributed by atoms with Crippen LogP contribution >= 0.6 is 0 Å². The molecule has 0 aliphatic heterocycles. The Bertz CT molecular complexity index is 2890. The molecule has 10 aromatic rings. The molecule has 0 bridgehead atoms. The first kappa shape index (κ1) is 34.7. The lowest BCUT2D eigenvalue weighted by Crippen LogP contribution is -2.00. The highest BCUT2D eigenvalue weighted by molar-refractivity contribution is 6.04. The van der Waals surface area contributed by atoms with E-state index in [1.807, 2.05) is 72.8 Å². The maximum atomic E-state index is 5.09. The lowest BCUT2D eigenvalue weighted by atomic mass is 9.88. The highest BCUT2D eigenvalue weighted by atomic mass is 15.0. The molecule has 0 saturated carbocycles. The lowest BCUT2D eigenvalue weighted by Gasteiger charge is -2.16. The predicted molar refractivity (Wildman–Crippen MR) is 239 cm³/mol. The van der Waals surface area contributed by atoms with E-state index < -0.39 is 0 Å². The van der Waals surface area contributed by atoms with E-state index in [1.165, 1.54) is 16.3 Å². The van der Waals surface area contributed by atoms with Crippen LogP contribution in [0.15, 0.2) is 218 Å².